The molecule has 0 spiro atoms. The summed E-state index contributed by atoms with van der Waals surface area (Å²) in [6, 6.07) is 3.43. The third kappa shape index (κ3) is 1.70. The van der Waals surface area contributed by atoms with E-state index >= 15 is 0 Å². The lowest BCUT2D eigenvalue weighted by molar-refractivity contribution is 0.255. The van der Waals surface area contributed by atoms with E-state index < -0.39 is 0 Å². The van der Waals surface area contributed by atoms with Gasteiger partial charge in [-0.05, 0) is 38.5 Å². The zero-order chi connectivity index (χ0) is 9.71. The third-order valence-electron chi connectivity index (χ3n) is 4.20. The first-order valence-corrected chi connectivity index (χ1v) is 6.26. The van der Waals surface area contributed by atoms with E-state index in [1.54, 1.807) is 0 Å². The van der Waals surface area contributed by atoms with Crippen molar-refractivity contribution in [1.82, 2.24) is 10.2 Å². The van der Waals surface area contributed by atoms with Crippen molar-refractivity contribution in [3.63, 3.8) is 0 Å². The first-order valence-electron chi connectivity index (χ1n) is 6.26. The van der Waals surface area contributed by atoms with Crippen LogP contribution in [0.25, 0.3) is 0 Å². The van der Waals surface area contributed by atoms with Gasteiger partial charge in [-0.3, -0.25) is 4.90 Å². The van der Waals surface area contributed by atoms with Gasteiger partial charge < -0.3 is 5.32 Å². The van der Waals surface area contributed by atoms with E-state index in [-0.39, 0.29) is 0 Å². The lowest BCUT2D eigenvalue weighted by Gasteiger charge is -2.19. The van der Waals surface area contributed by atoms with Gasteiger partial charge in [-0.15, -0.1) is 0 Å². The Bertz CT molecular complexity index is 224. The molecular formula is C12H22N2. The minimum Gasteiger partial charge on any atom is -0.310 e. The largest absolute Gasteiger partial charge is 0.310 e. The van der Waals surface area contributed by atoms with Crippen LogP contribution < -0.4 is 5.32 Å². The van der Waals surface area contributed by atoms with Crippen molar-refractivity contribution in [2.45, 2.75) is 63.7 Å². The van der Waals surface area contributed by atoms with Crippen molar-refractivity contribution in [3.8, 4) is 0 Å². The van der Waals surface area contributed by atoms with Crippen molar-refractivity contribution in [2.75, 3.05) is 6.54 Å². The second kappa shape index (κ2) is 3.21. The fourth-order valence-corrected chi connectivity index (χ4v) is 2.95. The summed E-state index contributed by atoms with van der Waals surface area (Å²) >= 11 is 0. The number of hydrogen-bond acceptors (Lipinski definition) is 2. The van der Waals surface area contributed by atoms with Gasteiger partial charge in [-0.2, -0.15) is 0 Å². The summed E-state index contributed by atoms with van der Waals surface area (Å²) in [5.74, 6) is 0.945. The molecule has 1 saturated heterocycles. The quantitative estimate of drug-likeness (QED) is 0.734. The van der Waals surface area contributed by atoms with Gasteiger partial charge in [0.05, 0.1) is 0 Å². The van der Waals surface area contributed by atoms with Crippen LogP contribution >= 0.6 is 0 Å². The summed E-state index contributed by atoms with van der Waals surface area (Å²) in [7, 11) is 0. The Morgan fingerprint density at radius 3 is 2.43 bits per heavy atom. The van der Waals surface area contributed by atoms with Crippen LogP contribution in [0.5, 0.6) is 0 Å². The molecule has 80 valence electrons. The van der Waals surface area contributed by atoms with Gasteiger partial charge in [-0.1, -0.05) is 6.92 Å². The molecule has 3 fully saturated rings. The standard InChI is InChI=1S/C12H22N2/c1-8-5-12(8)13-10-6-9(2)14(7-10)11-3-4-11/h8-13H,3-7H2,1-2H3. The van der Waals surface area contributed by atoms with Gasteiger partial charge in [0, 0.05) is 30.7 Å². The lowest BCUT2D eigenvalue weighted by Crippen LogP contribution is -2.35. The Morgan fingerprint density at radius 2 is 1.86 bits per heavy atom. The molecule has 0 bridgehead atoms. The van der Waals surface area contributed by atoms with E-state index in [4.69, 9.17) is 0 Å². The molecule has 0 radical (unpaired) electrons. The van der Waals surface area contributed by atoms with Gasteiger partial charge in [-0.25, -0.2) is 0 Å². The molecule has 3 aliphatic rings. The summed E-state index contributed by atoms with van der Waals surface area (Å²) in [6.07, 6.45) is 5.70. The Kier molecular flexibility index (Phi) is 2.10. The van der Waals surface area contributed by atoms with Crippen LogP contribution in [0.3, 0.4) is 0 Å². The Balaban J connectivity index is 1.52. The maximum Gasteiger partial charge on any atom is 0.0212 e. The first kappa shape index (κ1) is 9.17. The molecule has 1 heterocycles. The van der Waals surface area contributed by atoms with Gasteiger partial charge in [0.2, 0.25) is 0 Å². The number of hydrogen-bond donors (Lipinski definition) is 1. The molecule has 0 aromatic rings. The highest BCUT2D eigenvalue weighted by Gasteiger charge is 2.41. The van der Waals surface area contributed by atoms with E-state index in [0.29, 0.717) is 0 Å². The molecule has 1 N–H and O–H groups in total. The average Bonchev–Trinajstić information content (AvgIpc) is 3.01. The van der Waals surface area contributed by atoms with Gasteiger partial charge in [0.15, 0.2) is 0 Å². The lowest BCUT2D eigenvalue weighted by atomic mass is 10.2. The zero-order valence-electron chi connectivity index (χ0n) is 9.37. The number of nitrogens with zero attached hydrogens (tertiary/aromatic N) is 1. The molecule has 4 unspecified atom stereocenters. The molecule has 4 atom stereocenters. The van der Waals surface area contributed by atoms with E-state index in [1.807, 2.05) is 0 Å². The molecule has 0 amide bonds. The summed E-state index contributed by atoms with van der Waals surface area (Å²) in [6.45, 7) is 6.07. The van der Waals surface area contributed by atoms with Crippen LogP contribution in [0.2, 0.25) is 0 Å². The monoisotopic (exact) mass is 194 g/mol. The minimum atomic E-state index is 0.792. The van der Waals surface area contributed by atoms with Crippen molar-refractivity contribution in [3.05, 3.63) is 0 Å². The molecule has 2 heteroatoms. The molecular weight excluding hydrogens is 172 g/mol. The summed E-state index contributed by atoms with van der Waals surface area (Å²) < 4.78 is 0. The maximum absolute atomic E-state index is 3.80. The van der Waals surface area contributed by atoms with E-state index in [9.17, 15) is 0 Å². The van der Waals surface area contributed by atoms with Crippen LogP contribution in [-0.4, -0.2) is 35.6 Å². The highest BCUT2D eigenvalue weighted by molar-refractivity contribution is 4.99. The average molecular weight is 194 g/mol. The molecule has 14 heavy (non-hydrogen) atoms. The van der Waals surface area contributed by atoms with Crippen molar-refractivity contribution < 1.29 is 0 Å². The highest BCUT2D eigenvalue weighted by atomic mass is 15.3. The second-order valence-corrected chi connectivity index (χ2v) is 5.70. The van der Waals surface area contributed by atoms with Crippen LogP contribution in [-0.2, 0) is 0 Å². The van der Waals surface area contributed by atoms with Gasteiger partial charge >= 0.3 is 0 Å². The minimum absolute atomic E-state index is 0.792. The molecule has 2 saturated carbocycles. The van der Waals surface area contributed by atoms with Gasteiger partial charge in [0.1, 0.15) is 0 Å². The second-order valence-electron chi connectivity index (χ2n) is 5.70. The fourth-order valence-electron chi connectivity index (χ4n) is 2.95. The van der Waals surface area contributed by atoms with Crippen molar-refractivity contribution in [1.29, 1.82) is 0 Å². The zero-order valence-corrected chi connectivity index (χ0v) is 9.37. The molecule has 0 aromatic carbocycles. The number of nitrogens with one attached hydrogen (secondary N) is 1. The summed E-state index contributed by atoms with van der Waals surface area (Å²) in [5, 5.41) is 3.80. The summed E-state index contributed by atoms with van der Waals surface area (Å²) in [5.41, 5.74) is 0. The molecule has 0 aromatic heterocycles. The third-order valence-corrected chi connectivity index (χ3v) is 4.20. The fraction of sp³-hybridized carbons (Fsp3) is 1.00. The number of likely N-dealkylation sites (tertiary alicyclic amines) is 1. The maximum atomic E-state index is 3.80. The molecule has 1 aliphatic heterocycles. The van der Waals surface area contributed by atoms with E-state index in [0.717, 1.165) is 30.1 Å². The normalized spacial score (nSPS) is 48.4. The highest BCUT2D eigenvalue weighted by Crippen LogP contribution is 2.35. The Labute approximate surface area is 87.0 Å². The summed E-state index contributed by atoms with van der Waals surface area (Å²) in [4.78, 5) is 2.73. The predicted octanol–water partition coefficient (Wildman–Crippen LogP) is 1.61. The topological polar surface area (TPSA) is 15.3 Å². The first-order chi connectivity index (χ1) is 6.74. The van der Waals surface area contributed by atoms with Crippen molar-refractivity contribution in [2.24, 2.45) is 5.92 Å². The Morgan fingerprint density at radius 1 is 1.14 bits per heavy atom. The molecule has 3 rings (SSSR count). The van der Waals surface area contributed by atoms with Crippen LogP contribution in [0.4, 0.5) is 0 Å². The van der Waals surface area contributed by atoms with E-state index in [2.05, 4.69) is 24.1 Å². The predicted molar refractivity (Wildman–Crippen MR) is 58.3 cm³/mol. The van der Waals surface area contributed by atoms with Gasteiger partial charge in [0.25, 0.3) is 0 Å². The van der Waals surface area contributed by atoms with Crippen LogP contribution in [0, 0.1) is 5.92 Å². The molecule has 2 aliphatic carbocycles. The van der Waals surface area contributed by atoms with E-state index in [1.165, 1.54) is 32.2 Å². The number of rotatable bonds is 3. The van der Waals surface area contributed by atoms with Crippen LogP contribution in [0.15, 0.2) is 0 Å². The van der Waals surface area contributed by atoms with Crippen molar-refractivity contribution >= 4 is 0 Å². The SMILES string of the molecule is CC1CC1NC1CC(C)N(C2CC2)C1. The smallest absolute Gasteiger partial charge is 0.0212 e. The van der Waals surface area contributed by atoms with Crippen LogP contribution in [0.1, 0.15) is 39.5 Å². The Hall–Kier alpha value is -0.0800. The molecule has 2 nitrogen and oxygen atoms in total.